The zero-order valence-corrected chi connectivity index (χ0v) is 13.7. The van der Waals surface area contributed by atoms with Gasteiger partial charge in [0.05, 0.1) is 16.1 Å². The van der Waals surface area contributed by atoms with E-state index in [0.29, 0.717) is 5.82 Å². The molecule has 124 valence electrons. The number of aryl methyl sites for hydroxylation is 1. The lowest BCUT2D eigenvalue weighted by Crippen LogP contribution is -1.90. The van der Waals surface area contributed by atoms with Gasteiger partial charge in [0.25, 0.3) is 5.89 Å². The number of rotatable bonds is 2. The maximum Gasteiger partial charge on any atom is 0.259 e. The van der Waals surface area contributed by atoms with Crippen molar-refractivity contribution >= 4 is 22.5 Å². The van der Waals surface area contributed by atoms with E-state index in [1.165, 1.54) is 0 Å². The summed E-state index contributed by atoms with van der Waals surface area (Å²) in [6.45, 7) is 1.86. The summed E-state index contributed by atoms with van der Waals surface area (Å²) in [7, 11) is 0. The van der Waals surface area contributed by atoms with Crippen molar-refractivity contribution in [2.75, 3.05) is 0 Å². The summed E-state index contributed by atoms with van der Waals surface area (Å²) in [6, 6.07) is 11.2. The van der Waals surface area contributed by atoms with E-state index in [-0.39, 0.29) is 16.5 Å². The topological polar surface area (TPSA) is 51.8 Å². The minimum Gasteiger partial charge on any atom is -0.334 e. The van der Waals surface area contributed by atoms with Crippen molar-refractivity contribution in [3.05, 3.63) is 64.8 Å². The van der Waals surface area contributed by atoms with Gasteiger partial charge < -0.3 is 4.52 Å². The number of nitrogens with zero attached hydrogens (tertiary/aromatic N) is 3. The highest BCUT2D eigenvalue weighted by Crippen LogP contribution is 2.32. The molecule has 0 bridgehead atoms. The molecule has 0 atom stereocenters. The number of hydrogen-bond donors (Lipinski definition) is 0. The highest BCUT2D eigenvalue weighted by molar-refractivity contribution is 6.33. The Balaban J connectivity index is 1.87. The molecule has 0 aliphatic heterocycles. The van der Waals surface area contributed by atoms with Crippen LogP contribution in [-0.2, 0) is 0 Å². The molecule has 2 aromatic carbocycles. The first-order chi connectivity index (χ1) is 12.0. The van der Waals surface area contributed by atoms with E-state index < -0.39 is 11.6 Å². The van der Waals surface area contributed by atoms with E-state index >= 15 is 0 Å². The average molecular weight is 358 g/mol. The van der Waals surface area contributed by atoms with E-state index in [0.717, 1.165) is 34.3 Å². The highest BCUT2D eigenvalue weighted by Gasteiger charge is 2.18. The van der Waals surface area contributed by atoms with Gasteiger partial charge in [-0.3, -0.25) is 4.98 Å². The van der Waals surface area contributed by atoms with Gasteiger partial charge in [0.2, 0.25) is 5.82 Å². The zero-order valence-electron chi connectivity index (χ0n) is 12.9. The van der Waals surface area contributed by atoms with Crippen LogP contribution in [0.15, 0.2) is 47.0 Å². The smallest absolute Gasteiger partial charge is 0.259 e. The monoisotopic (exact) mass is 357 g/mol. The molecule has 0 spiro atoms. The van der Waals surface area contributed by atoms with Crippen LogP contribution in [0.25, 0.3) is 33.7 Å². The molecule has 0 aliphatic rings. The van der Waals surface area contributed by atoms with Crippen LogP contribution in [0.4, 0.5) is 8.78 Å². The quantitative estimate of drug-likeness (QED) is 0.463. The van der Waals surface area contributed by atoms with E-state index in [9.17, 15) is 8.78 Å². The van der Waals surface area contributed by atoms with Gasteiger partial charge in [0.15, 0.2) is 11.6 Å². The van der Waals surface area contributed by atoms with Crippen LogP contribution < -0.4 is 0 Å². The van der Waals surface area contributed by atoms with Crippen LogP contribution in [0.5, 0.6) is 0 Å². The maximum absolute atomic E-state index is 13.5. The molecule has 4 aromatic rings. The Morgan fingerprint density at radius 3 is 2.56 bits per heavy atom. The van der Waals surface area contributed by atoms with Crippen LogP contribution >= 0.6 is 11.6 Å². The minimum absolute atomic E-state index is 0.00938. The SMILES string of the molecule is Cc1cc(-c2noc(-c3cc(F)c(F)cc3Cl)n2)c2ccccc2n1. The summed E-state index contributed by atoms with van der Waals surface area (Å²) in [4.78, 5) is 8.76. The van der Waals surface area contributed by atoms with E-state index in [1.54, 1.807) is 0 Å². The first-order valence-electron chi connectivity index (χ1n) is 7.38. The molecule has 0 fully saturated rings. The molecule has 0 N–H and O–H groups in total. The zero-order chi connectivity index (χ0) is 17.6. The molecule has 0 amide bonds. The number of hydrogen-bond acceptors (Lipinski definition) is 4. The third kappa shape index (κ3) is 2.74. The summed E-state index contributed by atoms with van der Waals surface area (Å²) in [5.41, 5.74) is 2.46. The standard InChI is InChI=1S/C18H10ClF2N3O/c1-9-6-11(10-4-2-3-5-16(10)22-9)17-23-18(25-24-17)12-7-14(20)15(21)8-13(12)19/h2-8H,1H3. The van der Waals surface area contributed by atoms with E-state index in [4.69, 9.17) is 16.1 Å². The first kappa shape index (κ1) is 15.7. The van der Waals surface area contributed by atoms with Crippen LogP contribution in [0.1, 0.15) is 5.69 Å². The summed E-state index contributed by atoms with van der Waals surface area (Å²) in [5.74, 6) is -1.75. The first-order valence-corrected chi connectivity index (χ1v) is 7.76. The Morgan fingerprint density at radius 1 is 0.960 bits per heavy atom. The molecule has 4 nitrogen and oxygen atoms in total. The number of benzene rings is 2. The van der Waals surface area contributed by atoms with Gasteiger partial charge in [0.1, 0.15) is 0 Å². The van der Waals surface area contributed by atoms with Crippen molar-refractivity contribution < 1.29 is 13.3 Å². The lowest BCUT2D eigenvalue weighted by molar-refractivity contribution is 0.431. The van der Waals surface area contributed by atoms with Gasteiger partial charge in [-0.1, -0.05) is 35.0 Å². The third-order valence-corrected chi connectivity index (χ3v) is 4.06. The second-order valence-corrected chi connectivity index (χ2v) is 5.90. The average Bonchev–Trinajstić information content (AvgIpc) is 3.07. The predicted molar refractivity (Wildman–Crippen MR) is 90.1 cm³/mol. The number of halogens is 3. The van der Waals surface area contributed by atoms with Crippen LogP contribution in [0.3, 0.4) is 0 Å². The van der Waals surface area contributed by atoms with Crippen molar-refractivity contribution in [1.29, 1.82) is 0 Å². The fourth-order valence-corrected chi connectivity index (χ4v) is 2.85. The Bertz CT molecular complexity index is 1110. The fourth-order valence-electron chi connectivity index (χ4n) is 2.62. The molecule has 0 saturated heterocycles. The molecular weight excluding hydrogens is 348 g/mol. The molecule has 2 aromatic heterocycles. The molecule has 25 heavy (non-hydrogen) atoms. The number of para-hydroxylation sites is 1. The van der Waals surface area contributed by atoms with Gasteiger partial charge in [-0.15, -0.1) is 0 Å². The summed E-state index contributed by atoms with van der Waals surface area (Å²) >= 11 is 5.97. The Hall–Kier alpha value is -2.86. The van der Waals surface area contributed by atoms with Gasteiger partial charge in [-0.25, -0.2) is 8.78 Å². The second kappa shape index (κ2) is 5.89. The van der Waals surface area contributed by atoms with Crippen LogP contribution in [0, 0.1) is 18.6 Å². The molecule has 0 radical (unpaired) electrons. The van der Waals surface area contributed by atoms with Gasteiger partial charge in [-0.05, 0) is 31.2 Å². The van der Waals surface area contributed by atoms with Gasteiger partial charge in [0, 0.05) is 16.6 Å². The number of aromatic nitrogens is 3. The van der Waals surface area contributed by atoms with Crippen LogP contribution in [-0.4, -0.2) is 15.1 Å². The number of fused-ring (bicyclic) bond motifs is 1. The summed E-state index contributed by atoms with van der Waals surface area (Å²) < 4.78 is 31.9. The third-order valence-electron chi connectivity index (χ3n) is 3.75. The summed E-state index contributed by atoms with van der Waals surface area (Å²) in [5, 5.41) is 4.81. The second-order valence-electron chi connectivity index (χ2n) is 5.50. The normalized spacial score (nSPS) is 11.2. The van der Waals surface area contributed by atoms with Crippen molar-refractivity contribution in [3.8, 4) is 22.8 Å². The van der Waals surface area contributed by atoms with Crippen molar-refractivity contribution in [2.45, 2.75) is 6.92 Å². The summed E-state index contributed by atoms with van der Waals surface area (Å²) in [6.07, 6.45) is 0. The van der Waals surface area contributed by atoms with E-state index in [1.807, 2.05) is 37.3 Å². The van der Waals surface area contributed by atoms with Crippen LogP contribution in [0.2, 0.25) is 5.02 Å². The lowest BCUT2D eigenvalue weighted by Gasteiger charge is -2.03. The predicted octanol–water partition coefficient (Wildman–Crippen LogP) is 5.19. The van der Waals surface area contributed by atoms with Crippen molar-refractivity contribution in [3.63, 3.8) is 0 Å². The molecule has 0 aliphatic carbocycles. The molecular formula is C18H10ClF2N3O. The van der Waals surface area contributed by atoms with E-state index in [2.05, 4.69) is 15.1 Å². The Labute approximate surface area is 146 Å². The highest BCUT2D eigenvalue weighted by atomic mass is 35.5. The minimum atomic E-state index is -1.04. The maximum atomic E-state index is 13.5. The molecule has 0 saturated carbocycles. The Morgan fingerprint density at radius 2 is 1.72 bits per heavy atom. The molecule has 0 unspecified atom stereocenters. The lowest BCUT2D eigenvalue weighted by atomic mass is 10.1. The largest absolute Gasteiger partial charge is 0.334 e. The van der Waals surface area contributed by atoms with Gasteiger partial charge in [-0.2, -0.15) is 4.98 Å². The van der Waals surface area contributed by atoms with Crippen molar-refractivity contribution in [2.24, 2.45) is 0 Å². The molecule has 7 heteroatoms. The molecule has 2 heterocycles. The van der Waals surface area contributed by atoms with Crippen molar-refractivity contribution in [1.82, 2.24) is 15.1 Å². The van der Waals surface area contributed by atoms with Gasteiger partial charge >= 0.3 is 0 Å². The molecule has 4 rings (SSSR count). The fraction of sp³-hybridized carbons (Fsp3) is 0.0556. The number of pyridine rings is 1. The Kier molecular flexibility index (Phi) is 3.69.